The van der Waals surface area contributed by atoms with E-state index >= 15 is 0 Å². The lowest BCUT2D eigenvalue weighted by Gasteiger charge is -2.24. The highest BCUT2D eigenvalue weighted by atomic mass is 16.6. The predicted octanol–water partition coefficient (Wildman–Crippen LogP) is 0.544. The van der Waals surface area contributed by atoms with Crippen molar-refractivity contribution in [1.82, 2.24) is 0 Å². The van der Waals surface area contributed by atoms with E-state index in [0.29, 0.717) is 30.3 Å². The second-order valence-electron chi connectivity index (χ2n) is 4.25. The molecule has 0 fully saturated rings. The monoisotopic (exact) mass is 248 g/mol. The van der Waals surface area contributed by atoms with E-state index in [1.54, 1.807) is 25.1 Å². The second-order valence-corrected chi connectivity index (χ2v) is 4.25. The Morgan fingerprint density at radius 2 is 2.00 bits per heavy atom. The summed E-state index contributed by atoms with van der Waals surface area (Å²) in [5.74, 6) is 0.839. The summed E-state index contributed by atoms with van der Waals surface area (Å²) in [5, 5.41) is 0. The molecule has 0 aromatic heterocycles. The molecule has 0 bridgehead atoms. The molecular weight excluding hydrogens is 236 g/mol. The number of amidine groups is 1. The van der Waals surface area contributed by atoms with Gasteiger partial charge in [0, 0.05) is 5.56 Å². The number of nitrogens with two attached hydrogens (primary N) is 1. The Bertz CT molecular complexity index is 555. The summed E-state index contributed by atoms with van der Waals surface area (Å²) >= 11 is 0. The summed E-state index contributed by atoms with van der Waals surface area (Å²) in [4.78, 5) is 15.4. The number of hydrogen-bond acceptors (Lipinski definition) is 5. The number of fused-ring (bicyclic) bond motifs is 1. The molecule has 0 saturated heterocycles. The minimum absolute atomic E-state index is 0.114. The lowest BCUT2D eigenvalue weighted by Crippen LogP contribution is -2.32. The second kappa shape index (κ2) is 3.63. The van der Waals surface area contributed by atoms with Gasteiger partial charge < -0.3 is 19.9 Å². The maximum Gasteiger partial charge on any atom is 0.298 e. The van der Waals surface area contributed by atoms with Gasteiger partial charge in [-0.05, 0) is 19.1 Å². The van der Waals surface area contributed by atoms with Gasteiger partial charge in [0.2, 0.25) is 5.60 Å². The van der Waals surface area contributed by atoms with Crippen LogP contribution in [0.4, 0.5) is 0 Å². The molecule has 2 aliphatic rings. The molecule has 1 amide bonds. The van der Waals surface area contributed by atoms with Crippen LogP contribution < -0.4 is 15.2 Å². The van der Waals surface area contributed by atoms with E-state index in [-0.39, 0.29) is 6.02 Å². The fraction of sp³-hybridized carbons (Fsp3) is 0.333. The van der Waals surface area contributed by atoms with Crippen molar-refractivity contribution in [1.29, 1.82) is 0 Å². The Labute approximate surface area is 103 Å². The van der Waals surface area contributed by atoms with Crippen molar-refractivity contribution in [2.75, 3.05) is 13.2 Å². The first kappa shape index (κ1) is 10.9. The molecule has 1 unspecified atom stereocenters. The quantitative estimate of drug-likeness (QED) is 0.784. The van der Waals surface area contributed by atoms with Gasteiger partial charge in [-0.15, -0.1) is 0 Å². The summed E-state index contributed by atoms with van der Waals surface area (Å²) in [7, 11) is 0. The summed E-state index contributed by atoms with van der Waals surface area (Å²) in [6.07, 6.45) is 0. The normalized spacial score (nSPS) is 25.6. The molecule has 0 radical (unpaired) electrons. The van der Waals surface area contributed by atoms with Crippen LogP contribution in [0, 0.1) is 0 Å². The van der Waals surface area contributed by atoms with Crippen LogP contribution in [0.25, 0.3) is 0 Å². The molecule has 94 valence electrons. The Kier molecular flexibility index (Phi) is 2.19. The number of carbonyl (C=O) groups excluding carboxylic acids is 1. The highest BCUT2D eigenvalue weighted by Gasteiger charge is 2.43. The molecule has 0 spiro atoms. The molecule has 1 aromatic carbocycles. The average molecular weight is 248 g/mol. The smallest absolute Gasteiger partial charge is 0.298 e. The third-order valence-electron chi connectivity index (χ3n) is 3.02. The first-order valence-electron chi connectivity index (χ1n) is 5.57. The van der Waals surface area contributed by atoms with Gasteiger partial charge in [-0.3, -0.25) is 4.79 Å². The first-order chi connectivity index (χ1) is 8.59. The molecule has 6 heteroatoms. The highest BCUT2D eigenvalue weighted by Crippen LogP contribution is 2.37. The zero-order valence-electron chi connectivity index (χ0n) is 9.80. The van der Waals surface area contributed by atoms with Crippen LogP contribution in [0.3, 0.4) is 0 Å². The summed E-state index contributed by atoms with van der Waals surface area (Å²) < 4.78 is 16.2. The fourth-order valence-electron chi connectivity index (χ4n) is 2.00. The van der Waals surface area contributed by atoms with Gasteiger partial charge in [-0.25, -0.2) is 0 Å². The number of benzene rings is 1. The molecule has 2 heterocycles. The number of aliphatic imine (C=N–C) groups is 1. The molecule has 3 rings (SSSR count). The van der Waals surface area contributed by atoms with E-state index in [1.165, 1.54) is 0 Å². The van der Waals surface area contributed by atoms with Crippen LogP contribution in [-0.2, 0) is 15.1 Å². The standard InChI is InChI=1S/C12H12N2O4/c1-12(10(15)14-11(13)18-12)7-2-3-8-9(6-7)17-5-4-16-8/h2-3,6H,4-5H2,1H3,(H2,13,14,15). The summed E-state index contributed by atoms with van der Waals surface area (Å²) in [6, 6.07) is 5.11. The van der Waals surface area contributed by atoms with E-state index in [1.807, 2.05) is 0 Å². The fourth-order valence-corrected chi connectivity index (χ4v) is 2.00. The van der Waals surface area contributed by atoms with Gasteiger partial charge in [0.05, 0.1) is 0 Å². The highest BCUT2D eigenvalue weighted by molar-refractivity contribution is 6.01. The first-order valence-corrected chi connectivity index (χ1v) is 5.57. The molecule has 2 N–H and O–H groups in total. The third kappa shape index (κ3) is 1.49. The van der Waals surface area contributed by atoms with E-state index in [9.17, 15) is 4.79 Å². The van der Waals surface area contributed by atoms with Crippen molar-refractivity contribution >= 4 is 11.9 Å². The molecule has 6 nitrogen and oxygen atoms in total. The van der Waals surface area contributed by atoms with Crippen molar-refractivity contribution in [3.8, 4) is 11.5 Å². The lowest BCUT2D eigenvalue weighted by molar-refractivity contribution is -0.130. The number of ether oxygens (including phenoxy) is 3. The molecule has 18 heavy (non-hydrogen) atoms. The van der Waals surface area contributed by atoms with Crippen LogP contribution in [0.15, 0.2) is 23.2 Å². The molecular formula is C12H12N2O4. The number of nitrogens with zero attached hydrogens (tertiary/aromatic N) is 1. The maximum absolute atomic E-state index is 11.8. The molecule has 0 saturated carbocycles. The van der Waals surface area contributed by atoms with Crippen molar-refractivity contribution in [3.05, 3.63) is 23.8 Å². The summed E-state index contributed by atoms with van der Waals surface area (Å²) in [5.41, 5.74) is 4.89. The molecule has 2 aliphatic heterocycles. The van der Waals surface area contributed by atoms with Crippen molar-refractivity contribution in [3.63, 3.8) is 0 Å². The van der Waals surface area contributed by atoms with Crippen LogP contribution in [0.1, 0.15) is 12.5 Å². The zero-order valence-corrected chi connectivity index (χ0v) is 9.80. The van der Waals surface area contributed by atoms with E-state index in [2.05, 4.69) is 4.99 Å². The van der Waals surface area contributed by atoms with Crippen LogP contribution >= 0.6 is 0 Å². The number of carbonyl (C=O) groups is 1. The number of amides is 1. The third-order valence-corrected chi connectivity index (χ3v) is 3.02. The maximum atomic E-state index is 11.8. The Morgan fingerprint density at radius 1 is 1.28 bits per heavy atom. The van der Waals surface area contributed by atoms with E-state index in [4.69, 9.17) is 19.9 Å². The molecule has 1 aromatic rings. The minimum Gasteiger partial charge on any atom is -0.486 e. The van der Waals surface area contributed by atoms with Gasteiger partial charge in [-0.1, -0.05) is 6.07 Å². The lowest BCUT2D eigenvalue weighted by atomic mass is 9.95. The predicted molar refractivity (Wildman–Crippen MR) is 62.5 cm³/mol. The largest absolute Gasteiger partial charge is 0.486 e. The Balaban J connectivity index is 2.00. The Morgan fingerprint density at radius 3 is 2.67 bits per heavy atom. The van der Waals surface area contributed by atoms with E-state index in [0.717, 1.165) is 0 Å². The van der Waals surface area contributed by atoms with Gasteiger partial charge in [-0.2, -0.15) is 4.99 Å². The average Bonchev–Trinajstić information content (AvgIpc) is 2.63. The topological polar surface area (TPSA) is 83.1 Å². The minimum atomic E-state index is -1.18. The SMILES string of the molecule is CC1(c2ccc3c(c2)OCCO3)OC(N)=NC1=O. The van der Waals surface area contributed by atoms with Crippen LogP contribution in [-0.4, -0.2) is 25.1 Å². The summed E-state index contributed by atoms with van der Waals surface area (Å²) in [6.45, 7) is 2.64. The van der Waals surface area contributed by atoms with Gasteiger partial charge >= 0.3 is 0 Å². The molecule has 0 aliphatic carbocycles. The van der Waals surface area contributed by atoms with Crippen LogP contribution in [0.5, 0.6) is 11.5 Å². The zero-order chi connectivity index (χ0) is 12.8. The van der Waals surface area contributed by atoms with Gasteiger partial charge in [0.25, 0.3) is 11.9 Å². The number of hydrogen-bond donors (Lipinski definition) is 1. The van der Waals surface area contributed by atoms with Crippen LogP contribution in [0.2, 0.25) is 0 Å². The van der Waals surface area contributed by atoms with Gasteiger partial charge in [0.1, 0.15) is 13.2 Å². The molecule has 1 atom stereocenters. The van der Waals surface area contributed by atoms with Gasteiger partial charge in [0.15, 0.2) is 11.5 Å². The van der Waals surface area contributed by atoms with E-state index < -0.39 is 11.5 Å². The Hall–Kier alpha value is -2.24. The van der Waals surface area contributed by atoms with Crippen molar-refractivity contribution in [2.45, 2.75) is 12.5 Å². The van der Waals surface area contributed by atoms with Crippen molar-refractivity contribution in [2.24, 2.45) is 10.7 Å². The number of rotatable bonds is 1. The van der Waals surface area contributed by atoms with Crippen molar-refractivity contribution < 1.29 is 19.0 Å².